The van der Waals surface area contributed by atoms with E-state index in [1.807, 2.05) is 74.3 Å². The van der Waals surface area contributed by atoms with Gasteiger partial charge in [-0.05, 0) is 50.2 Å². The molecule has 116 valence electrons. The lowest BCUT2D eigenvalue weighted by Gasteiger charge is -2.24. The monoisotopic (exact) mass is 316 g/mol. The van der Waals surface area contributed by atoms with Crippen LogP contribution in [0.25, 0.3) is 0 Å². The van der Waals surface area contributed by atoms with Crippen LogP contribution in [0.1, 0.15) is 18.1 Å². The predicted octanol–water partition coefficient (Wildman–Crippen LogP) is 4.11. The highest BCUT2D eigenvalue weighted by Crippen LogP contribution is 2.15. The van der Waals surface area contributed by atoms with Gasteiger partial charge < -0.3 is 5.32 Å². The average Bonchev–Trinajstić information content (AvgIpc) is 2.51. The normalized spacial score (nSPS) is 12.2. The Kier molecular flexibility index (Phi) is 5.58. The van der Waals surface area contributed by atoms with Crippen molar-refractivity contribution >= 4 is 23.2 Å². The summed E-state index contributed by atoms with van der Waals surface area (Å²) >= 11 is 5.89. The molecule has 2 aromatic carbocycles. The van der Waals surface area contributed by atoms with E-state index in [0.29, 0.717) is 6.54 Å². The molecule has 0 aliphatic carbocycles. The van der Waals surface area contributed by atoms with Crippen LogP contribution in [0.15, 0.2) is 48.5 Å². The second-order valence-electron chi connectivity index (χ2n) is 5.52. The first-order chi connectivity index (χ1) is 10.5. The number of carbonyl (C=O) groups is 1. The summed E-state index contributed by atoms with van der Waals surface area (Å²) in [6.07, 6.45) is 0. The first-order valence-electron chi connectivity index (χ1n) is 7.28. The molecule has 2 rings (SSSR count). The highest BCUT2D eigenvalue weighted by atomic mass is 35.5. The molecule has 0 heterocycles. The van der Waals surface area contributed by atoms with Crippen LogP contribution in [-0.2, 0) is 11.3 Å². The number of likely N-dealkylation sites (N-methyl/N-ethyl adjacent to an activating group) is 1. The standard InChI is InChI=1S/C18H21ClN2O/c1-13-6-4-5-7-17(13)20-18(22)14(2)21(3)12-15-8-10-16(19)11-9-15/h4-11,14H,12H2,1-3H3,(H,20,22). The van der Waals surface area contributed by atoms with Crippen molar-refractivity contribution in [3.05, 3.63) is 64.7 Å². The van der Waals surface area contributed by atoms with E-state index in [0.717, 1.165) is 21.8 Å². The zero-order valence-electron chi connectivity index (χ0n) is 13.1. The minimum absolute atomic E-state index is 0.00855. The zero-order chi connectivity index (χ0) is 16.1. The SMILES string of the molecule is Cc1ccccc1NC(=O)C(C)N(C)Cc1ccc(Cl)cc1. The van der Waals surface area contributed by atoms with Gasteiger partial charge in [0.25, 0.3) is 0 Å². The highest BCUT2D eigenvalue weighted by Gasteiger charge is 2.18. The number of hydrogen-bond acceptors (Lipinski definition) is 2. The van der Waals surface area contributed by atoms with Gasteiger partial charge in [0.1, 0.15) is 0 Å². The molecule has 0 saturated carbocycles. The minimum Gasteiger partial charge on any atom is -0.324 e. The predicted molar refractivity (Wildman–Crippen MR) is 92.2 cm³/mol. The van der Waals surface area contributed by atoms with Crippen molar-refractivity contribution in [2.75, 3.05) is 12.4 Å². The van der Waals surface area contributed by atoms with Crippen LogP contribution < -0.4 is 5.32 Å². The molecule has 1 N–H and O–H groups in total. The molecule has 1 amide bonds. The lowest BCUT2D eigenvalue weighted by molar-refractivity contribution is -0.120. The molecule has 1 unspecified atom stereocenters. The van der Waals surface area contributed by atoms with Gasteiger partial charge in [-0.25, -0.2) is 0 Å². The first-order valence-corrected chi connectivity index (χ1v) is 7.66. The number of rotatable bonds is 5. The van der Waals surface area contributed by atoms with E-state index in [1.54, 1.807) is 0 Å². The summed E-state index contributed by atoms with van der Waals surface area (Å²) in [7, 11) is 1.94. The molecule has 4 heteroatoms. The molecule has 0 bridgehead atoms. The Labute approximate surface area is 136 Å². The smallest absolute Gasteiger partial charge is 0.241 e. The molecule has 22 heavy (non-hydrogen) atoms. The van der Waals surface area contributed by atoms with E-state index in [9.17, 15) is 4.79 Å². The number of aryl methyl sites for hydroxylation is 1. The van der Waals surface area contributed by atoms with Gasteiger partial charge in [-0.15, -0.1) is 0 Å². The highest BCUT2D eigenvalue weighted by molar-refractivity contribution is 6.30. The summed E-state index contributed by atoms with van der Waals surface area (Å²) < 4.78 is 0. The Morgan fingerprint density at radius 2 is 1.82 bits per heavy atom. The second kappa shape index (κ2) is 7.43. The molecular weight excluding hydrogens is 296 g/mol. The molecule has 0 aliphatic rings. The number of halogens is 1. The molecule has 0 aromatic heterocycles. The van der Waals surface area contributed by atoms with Gasteiger partial charge in [0, 0.05) is 17.3 Å². The maximum Gasteiger partial charge on any atom is 0.241 e. The van der Waals surface area contributed by atoms with Crippen LogP contribution in [0.5, 0.6) is 0 Å². The quantitative estimate of drug-likeness (QED) is 0.900. The number of para-hydroxylation sites is 1. The van der Waals surface area contributed by atoms with Crippen molar-refractivity contribution in [1.82, 2.24) is 4.90 Å². The van der Waals surface area contributed by atoms with Crippen LogP contribution >= 0.6 is 11.6 Å². The largest absolute Gasteiger partial charge is 0.324 e. The van der Waals surface area contributed by atoms with Gasteiger partial charge in [0.2, 0.25) is 5.91 Å². The fourth-order valence-electron chi connectivity index (χ4n) is 2.17. The lowest BCUT2D eigenvalue weighted by atomic mass is 10.1. The first kappa shape index (κ1) is 16.5. The Balaban J connectivity index is 1.97. The summed E-state index contributed by atoms with van der Waals surface area (Å²) in [6.45, 7) is 4.58. The van der Waals surface area contributed by atoms with Crippen LogP contribution in [0.4, 0.5) is 5.69 Å². The fourth-order valence-corrected chi connectivity index (χ4v) is 2.29. The third-order valence-corrected chi connectivity index (χ3v) is 4.04. The molecule has 0 spiro atoms. The van der Waals surface area contributed by atoms with Gasteiger partial charge in [0.05, 0.1) is 6.04 Å². The summed E-state index contributed by atoms with van der Waals surface area (Å²) in [5, 5.41) is 3.70. The Morgan fingerprint density at radius 3 is 2.45 bits per heavy atom. The number of carbonyl (C=O) groups excluding carboxylic acids is 1. The van der Waals surface area contributed by atoms with Crippen LogP contribution in [-0.4, -0.2) is 23.9 Å². The van der Waals surface area contributed by atoms with Gasteiger partial charge in [-0.3, -0.25) is 9.69 Å². The molecular formula is C18H21ClN2O. The zero-order valence-corrected chi connectivity index (χ0v) is 13.9. The Morgan fingerprint density at radius 1 is 1.18 bits per heavy atom. The maximum absolute atomic E-state index is 12.4. The molecule has 0 fully saturated rings. The van der Waals surface area contributed by atoms with Gasteiger partial charge in [-0.2, -0.15) is 0 Å². The molecule has 0 aliphatic heterocycles. The number of anilines is 1. The van der Waals surface area contributed by atoms with Crippen molar-refractivity contribution in [3.63, 3.8) is 0 Å². The molecule has 2 aromatic rings. The number of nitrogens with one attached hydrogen (secondary N) is 1. The van der Waals surface area contributed by atoms with E-state index < -0.39 is 0 Å². The minimum atomic E-state index is -0.227. The van der Waals surface area contributed by atoms with Crippen molar-refractivity contribution in [1.29, 1.82) is 0 Å². The van der Waals surface area contributed by atoms with Crippen molar-refractivity contribution in [2.24, 2.45) is 0 Å². The van der Waals surface area contributed by atoms with E-state index in [2.05, 4.69) is 5.32 Å². The van der Waals surface area contributed by atoms with Crippen molar-refractivity contribution in [2.45, 2.75) is 26.4 Å². The van der Waals surface area contributed by atoms with Crippen LogP contribution in [0, 0.1) is 6.92 Å². The molecule has 0 radical (unpaired) electrons. The maximum atomic E-state index is 12.4. The average molecular weight is 317 g/mol. The van der Waals surface area contributed by atoms with Gasteiger partial charge >= 0.3 is 0 Å². The topological polar surface area (TPSA) is 32.3 Å². The van der Waals surface area contributed by atoms with Gasteiger partial charge in [0.15, 0.2) is 0 Å². The summed E-state index contributed by atoms with van der Waals surface area (Å²) in [4.78, 5) is 14.4. The van der Waals surface area contributed by atoms with E-state index in [1.165, 1.54) is 0 Å². The summed E-state index contributed by atoms with van der Waals surface area (Å²) in [5.74, 6) is -0.00855. The van der Waals surface area contributed by atoms with Gasteiger partial charge in [-0.1, -0.05) is 41.9 Å². The van der Waals surface area contributed by atoms with E-state index in [4.69, 9.17) is 11.6 Å². The van der Waals surface area contributed by atoms with Crippen molar-refractivity contribution in [3.8, 4) is 0 Å². The summed E-state index contributed by atoms with van der Waals surface area (Å²) in [6, 6.07) is 15.2. The van der Waals surface area contributed by atoms with Crippen molar-refractivity contribution < 1.29 is 4.79 Å². The van der Waals surface area contributed by atoms with E-state index >= 15 is 0 Å². The molecule has 3 nitrogen and oxygen atoms in total. The molecule has 1 atom stereocenters. The summed E-state index contributed by atoms with van der Waals surface area (Å²) in [5.41, 5.74) is 3.05. The Bertz CT molecular complexity index is 640. The van der Waals surface area contributed by atoms with Crippen LogP contribution in [0.3, 0.4) is 0 Å². The number of benzene rings is 2. The number of hydrogen-bond donors (Lipinski definition) is 1. The number of nitrogens with zero attached hydrogens (tertiary/aromatic N) is 1. The van der Waals surface area contributed by atoms with E-state index in [-0.39, 0.29) is 11.9 Å². The fraction of sp³-hybridized carbons (Fsp3) is 0.278. The molecule has 0 saturated heterocycles. The second-order valence-corrected chi connectivity index (χ2v) is 5.96. The van der Waals surface area contributed by atoms with Crippen LogP contribution in [0.2, 0.25) is 5.02 Å². The third kappa shape index (κ3) is 4.33. The lowest BCUT2D eigenvalue weighted by Crippen LogP contribution is -2.39. The Hall–Kier alpha value is -1.84. The third-order valence-electron chi connectivity index (χ3n) is 3.79. The number of amides is 1.